The van der Waals surface area contributed by atoms with Crippen molar-refractivity contribution < 1.29 is 0 Å². The van der Waals surface area contributed by atoms with Crippen molar-refractivity contribution in [2.45, 2.75) is 109 Å². The Kier molecular flexibility index (Phi) is 9.94. The van der Waals surface area contributed by atoms with Gasteiger partial charge >= 0.3 is 0 Å². The van der Waals surface area contributed by atoms with Crippen LogP contribution < -0.4 is 5.73 Å². The minimum Gasteiger partial charge on any atom is -0.328 e. The maximum atomic E-state index is 10.4. The molecule has 0 radical (unpaired) electrons. The topological polar surface area (TPSA) is 55.4 Å². The molecular weight excluding hydrogens is 296 g/mol. The molecule has 3 nitrogen and oxygen atoms in total. The van der Waals surface area contributed by atoms with Crippen molar-refractivity contribution in [2.24, 2.45) is 28.7 Å². The van der Waals surface area contributed by atoms with Crippen molar-refractivity contribution in [3.8, 4) is 0 Å². The first-order valence-corrected chi connectivity index (χ1v) is 10.8. The van der Waals surface area contributed by atoms with Gasteiger partial charge in [0.25, 0.3) is 0 Å². The number of nitroso groups, excluding NO2 is 1. The summed E-state index contributed by atoms with van der Waals surface area (Å²) in [6, 6.07) is 0.372. The van der Waals surface area contributed by atoms with E-state index in [1.54, 1.807) is 0 Å². The average molecular weight is 337 g/mol. The molecule has 2 fully saturated rings. The van der Waals surface area contributed by atoms with Crippen molar-refractivity contribution in [1.29, 1.82) is 0 Å². The van der Waals surface area contributed by atoms with Crippen LogP contribution in [0.4, 0.5) is 0 Å². The van der Waals surface area contributed by atoms with Gasteiger partial charge in [0.15, 0.2) is 0 Å². The van der Waals surface area contributed by atoms with Crippen LogP contribution in [-0.2, 0) is 0 Å². The van der Waals surface area contributed by atoms with E-state index in [1.807, 2.05) is 0 Å². The first-order valence-electron chi connectivity index (χ1n) is 10.8. The van der Waals surface area contributed by atoms with Crippen LogP contribution >= 0.6 is 0 Å². The molecule has 0 heterocycles. The molecule has 140 valence electrons. The molecule has 0 aliphatic heterocycles. The summed E-state index contributed by atoms with van der Waals surface area (Å²) in [5.74, 6) is 2.65. The van der Waals surface area contributed by atoms with Gasteiger partial charge in [0.2, 0.25) is 0 Å². The van der Waals surface area contributed by atoms with Gasteiger partial charge in [-0.25, -0.2) is 0 Å². The normalized spacial score (nSPS) is 31.8. The molecule has 0 aromatic rings. The SMILES string of the molecule is NC1CCCC[C@@H](C2CCCCCCC2)CCC(CCCN=O)C1. The minimum absolute atomic E-state index is 0.372. The molecule has 3 atom stereocenters. The predicted molar refractivity (Wildman–Crippen MR) is 103 cm³/mol. The second-order valence-electron chi connectivity index (χ2n) is 8.58. The van der Waals surface area contributed by atoms with Gasteiger partial charge in [-0.05, 0) is 49.9 Å². The van der Waals surface area contributed by atoms with Crippen LogP contribution in [0.25, 0.3) is 0 Å². The van der Waals surface area contributed by atoms with Crippen LogP contribution in [0.15, 0.2) is 5.18 Å². The Morgan fingerprint density at radius 2 is 1.33 bits per heavy atom. The fraction of sp³-hybridized carbons (Fsp3) is 1.00. The van der Waals surface area contributed by atoms with Crippen LogP contribution in [0.2, 0.25) is 0 Å². The second-order valence-corrected chi connectivity index (χ2v) is 8.58. The average Bonchev–Trinajstić information content (AvgIpc) is 2.54. The predicted octanol–water partition coefficient (Wildman–Crippen LogP) is 6.20. The molecule has 2 aliphatic carbocycles. The summed E-state index contributed by atoms with van der Waals surface area (Å²) >= 11 is 0. The summed E-state index contributed by atoms with van der Waals surface area (Å²) in [6.07, 6.45) is 21.6. The summed E-state index contributed by atoms with van der Waals surface area (Å²) < 4.78 is 0. The first kappa shape index (κ1) is 19.9. The molecular formula is C21H40N2O. The molecule has 0 amide bonds. The van der Waals surface area contributed by atoms with Gasteiger partial charge in [0, 0.05) is 6.04 Å². The summed E-state index contributed by atoms with van der Waals surface area (Å²) in [5.41, 5.74) is 6.35. The molecule has 2 saturated carbocycles. The Hall–Kier alpha value is -0.440. The number of hydrogen-bond donors (Lipinski definition) is 1. The van der Waals surface area contributed by atoms with E-state index < -0.39 is 0 Å². The summed E-state index contributed by atoms with van der Waals surface area (Å²) in [7, 11) is 0. The van der Waals surface area contributed by atoms with Gasteiger partial charge in [0.1, 0.15) is 0 Å². The van der Waals surface area contributed by atoms with Crippen LogP contribution in [-0.4, -0.2) is 12.6 Å². The third-order valence-corrected chi connectivity index (χ3v) is 6.66. The van der Waals surface area contributed by atoms with E-state index in [0.717, 1.165) is 37.0 Å². The van der Waals surface area contributed by atoms with E-state index in [-0.39, 0.29) is 0 Å². The molecule has 2 rings (SSSR count). The Balaban J connectivity index is 1.89. The number of nitrogens with zero attached hydrogens (tertiary/aromatic N) is 1. The van der Waals surface area contributed by atoms with Crippen LogP contribution in [0, 0.1) is 22.7 Å². The maximum Gasteiger partial charge on any atom is 0.0811 e. The number of nitrogens with two attached hydrogens (primary N) is 1. The molecule has 0 spiro atoms. The second kappa shape index (κ2) is 12.0. The van der Waals surface area contributed by atoms with E-state index in [9.17, 15) is 4.91 Å². The molecule has 2 unspecified atom stereocenters. The van der Waals surface area contributed by atoms with Crippen molar-refractivity contribution in [3.63, 3.8) is 0 Å². The summed E-state index contributed by atoms with van der Waals surface area (Å²) in [4.78, 5) is 10.4. The third-order valence-electron chi connectivity index (χ3n) is 6.66. The Labute approximate surface area is 149 Å². The minimum atomic E-state index is 0.372. The Morgan fingerprint density at radius 3 is 2.04 bits per heavy atom. The van der Waals surface area contributed by atoms with E-state index in [0.29, 0.717) is 12.6 Å². The third kappa shape index (κ3) is 7.63. The molecule has 24 heavy (non-hydrogen) atoms. The fourth-order valence-corrected chi connectivity index (χ4v) is 5.21. The zero-order chi connectivity index (χ0) is 17.0. The standard InChI is InChI=1S/C21H40N2O/c22-21-13-7-6-12-20(19-10-4-2-1-3-5-11-19)15-14-18(17-21)9-8-16-23-24/h18-21H,1-17,22H2/t18?,20-,21?/m1/s1. The monoisotopic (exact) mass is 336 g/mol. The van der Waals surface area contributed by atoms with Crippen molar-refractivity contribution in [2.75, 3.05) is 6.54 Å². The van der Waals surface area contributed by atoms with Gasteiger partial charge < -0.3 is 5.73 Å². The molecule has 0 saturated heterocycles. The number of rotatable bonds is 5. The lowest BCUT2D eigenvalue weighted by molar-refractivity contribution is 0.206. The zero-order valence-corrected chi connectivity index (χ0v) is 15.8. The zero-order valence-electron chi connectivity index (χ0n) is 15.8. The van der Waals surface area contributed by atoms with E-state index in [2.05, 4.69) is 5.18 Å². The van der Waals surface area contributed by atoms with Gasteiger partial charge in [-0.15, -0.1) is 0 Å². The smallest absolute Gasteiger partial charge is 0.0811 e. The Bertz CT molecular complexity index is 326. The van der Waals surface area contributed by atoms with E-state index in [4.69, 9.17) is 5.73 Å². The maximum absolute atomic E-state index is 10.4. The van der Waals surface area contributed by atoms with Crippen molar-refractivity contribution in [3.05, 3.63) is 4.91 Å². The molecule has 3 heteroatoms. The van der Waals surface area contributed by atoms with Crippen LogP contribution in [0.1, 0.15) is 103 Å². The lowest BCUT2D eigenvalue weighted by Crippen LogP contribution is -2.26. The molecule has 0 aromatic carbocycles. The lowest BCUT2D eigenvalue weighted by Gasteiger charge is -2.32. The van der Waals surface area contributed by atoms with Gasteiger partial charge in [-0.2, -0.15) is 4.91 Å². The summed E-state index contributed by atoms with van der Waals surface area (Å²) in [6.45, 7) is 0.484. The Morgan fingerprint density at radius 1 is 0.750 bits per heavy atom. The van der Waals surface area contributed by atoms with Gasteiger partial charge in [0.05, 0.1) is 6.54 Å². The lowest BCUT2D eigenvalue weighted by atomic mass is 9.74. The largest absolute Gasteiger partial charge is 0.328 e. The van der Waals surface area contributed by atoms with Crippen molar-refractivity contribution >= 4 is 0 Å². The van der Waals surface area contributed by atoms with Crippen LogP contribution in [0.3, 0.4) is 0 Å². The fourth-order valence-electron chi connectivity index (χ4n) is 5.21. The van der Waals surface area contributed by atoms with Crippen molar-refractivity contribution in [1.82, 2.24) is 0 Å². The van der Waals surface area contributed by atoms with Gasteiger partial charge in [-0.3, -0.25) is 0 Å². The quantitative estimate of drug-likeness (QED) is 0.480. The molecule has 0 aromatic heterocycles. The molecule has 2 N–H and O–H groups in total. The highest BCUT2D eigenvalue weighted by atomic mass is 16.3. The van der Waals surface area contributed by atoms with E-state index in [1.165, 1.54) is 83.5 Å². The highest BCUT2D eigenvalue weighted by Crippen LogP contribution is 2.36. The van der Waals surface area contributed by atoms with E-state index >= 15 is 0 Å². The van der Waals surface area contributed by atoms with Crippen LogP contribution in [0.5, 0.6) is 0 Å². The highest BCUT2D eigenvalue weighted by molar-refractivity contribution is 4.78. The first-order chi connectivity index (χ1) is 11.8. The van der Waals surface area contributed by atoms with Gasteiger partial charge in [-0.1, -0.05) is 75.8 Å². The highest BCUT2D eigenvalue weighted by Gasteiger charge is 2.24. The number of hydrogen-bond acceptors (Lipinski definition) is 3. The summed E-state index contributed by atoms with van der Waals surface area (Å²) in [5, 5.41) is 3.04. The molecule has 2 aliphatic rings. The molecule has 0 bridgehead atoms.